The molecule has 10 aromatic rings. The zero-order chi connectivity index (χ0) is 51.4. The maximum atomic E-state index is 16.6. The maximum absolute atomic E-state index is 16.6. The first-order chi connectivity index (χ1) is 33.8. The van der Waals surface area contributed by atoms with Crippen molar-refractivity contribution in [2.24, 2.45) is 0 Å². The van der Waals surface area contributed by atoms with Crippen molar-refractivity contribution in [3.05, 3.63) is 191 Å². The van der Waals surface area contributed by atoms with Crippen molar-refractivity contribution in [2.75, 3.05) is 0 Å². The Morgan fingerprint density at radius 3 is 1.21 bits per heavy atom. The van der Waals surface area contributed by atoms with Gasteiger partial charge >= 0.3 is 30.9 Å². The number of hydrogen-bond donors (Lipinski definition) is 0. The van der Waals surface area contributed by atoms with Crippen LogP contribution < -0.4 is 0 Å². The van der Waals surface area contributed by atoms with Crippen molar-refractivity contribution < 1.29 is 65.9 Å². The molecule has 0 saturated heterocycles. The van der Waals surface area contributed by atoms with Crippen LogP contribution in [0.3, 0.4) is 0 Å². The molecule has 0 aliphatic heterocycles. The third kappa shape index (κ3) is 8.21. The molecule has 0 atom stereocenters. The van der Waals surface area contributed by atoms with Gasteiger partial charge in [-0.25, -0.2) is 0 Å². The van der Waals surface area contributed by atoms with Crippen molar-refractivity contribution >= 4 is 43.6 Å². The highest BCUT2D eigenvalue weighted by atomic mass is 19.4. The van der Waals surface area contributed by atoms with Crippen molar-refractivity contribution in [3.8, 4) is 50.8 Å². The fourth-order valence-electron chi connectivity index (χ4n) is 9.32. The molecule has 3 nitrogen and oxygen atoms in total. The van der Waals surface area contributed by atoms with Crippen LogP contribution in [0, 0.1) is 11.3 Å². The number of benzene rings is 8. The highest BCUT2D eigenvalue weighted by Crippen LogP contribution is 2.49. The summed E-state index contributed by atoms with van der Waals surface area (Å²) in [5.41, 5.74) is -9.31. The Morgan fingerprint density at radius 1 is 0.333 bits per heavy atom. The van der Waals surface area contributed by atoms with Gasteiger partial charge in [-0.1, -0.05) is 66.7 Å². The summed E-state index contributed by atoms with van der Waals surface area (Å²) >= 11 is 0. The topological polar surface area (TPSA) is 33.6 Å². The number of hydrogen-bond acceptors (Lipinski definition) is 1. The SMILES string of the molecule is N#Cc1cccc(-c2ccc(-n3c4ccccc4c4cc(-c5cc(C(F)(F)F)cc(C(F)(F)F)c5)ccc43)c(C(F)(F)F)c2-n2c3ccccc3c3cc(-c4cc(C(F)(F)F)cc(C(F)(F)F)c4)ccc32)c1. The van der Waals surface area contributed by atoms with Crippen molar-refractivity contribution in [2.45, 2.75) is 30.9 Å². The van der Waals surface area contributed by atoms with Crippen LogP contribution in [0.25, 0.3) is 88.4 Å². The van der Waals surface area contributed by atoms with Gasteiger partial charge < -0.3 is 9.13 Å². The number of rotatable bonds is 5. The maximum Gasteiger partial charge on any atom is 0.420 e. The van der Waals surface area contributed by atoms with Crippen LogP contribution in [0.5, 0.6) is 0 Å². The Labute approximate surface area is 395 Å². The first-order valence-electron chi connectivity index (χ1n) is 21.2. The highest BCUT2D eigenvalue weighted by Gasteiger charge is 2.42. The Hall–Kier alpha value is -8.20. The molecule has 0 unspecified atom stereocenters. The summed E-state index contributed by atoms with van der Waals surface area (Å²) in [6, 6.07) is 32.0. The molecular weight excluding hydrogens is 976 g/mol. The molecule has 8 aromatic carbocycles. The van der Waals surface area contributed by atoms with Crippen molar-refractivity contribution in [1.29, 1.82) is 5.26 Å². The van der Waals surface area contributed by atoms with E-state index in [4.69, 9.17) is 0 Å². The molecule has 0 N–H and O–H groups in total. The van der Waals surface area contributed by atoms with E-state index in [1.807, 2.05) is 6.07 Å². The van der Waals surface area contributed by atoms with Gasteiger partial charge in [0.15, 0.2) is 0 Å². The molecule has 0 fully saturated rings. The lowest BCUT2D eigenvalue weighted by Crippen LogP contribution is -2.16. The van der Waals surface area contributed by atoms with E-state index in [-0.39, 0.29) is 83.6 Å². The molecule has 0 amide bonds. The minimum atomic E-state index is -5.28. The first kappa shape index (κ1) is 47.5. The molecule has 2 aromatic heterocycles. The van der Waals surface area contributed by atoms with E-state index in [0.29, 0.717) is 24.3 Å². The average molecular weight is 1000 g/mol. The monoisotopic (exact) mass is 1000 g/mol. The van der Waals surface area contributed by atoms with E-state index >= 15 is 13.2 Å². The van der Waals surface area contributed by atoms with Crippen LogP contribution in [0.2, 0.25) is 0 Å². The fourth-order valence-corrected chi connectivity index (χ4v) is 9.32. The average Bonchev–Trinajstić information content (AvgIpc) is 3.84. The Kier molecular flexibility index (Phi) is 10.8. The molecule has 362 valence electrons. The Balaban J connectivity index is 1.29. The second-order valence-corrected chi connectivity index (χ2v) is 16.8. The quantitative estimate of drug-likeness (QED) is 0.158. The molecule has 2 heterocycles. The summed E-state index contributed by atoms with van der Waals surface area (Å²) in [5, 5.41) is 10.7. The summed E-state index contributed by atoms with van der Waals surface area (Å²) < 4.78 is 220. The van der Waals surface area contributed by atoms with E-state index in [0.717, 1.165) is 0 Å². The molecule has 0 saturated carbocycles. The van der Waals surface area contributed by atoms with Gasteiger partial charge in [-0.05, 0) is 119 Å². The second kappa shape index (κ2) is 16.4. The van der Waals surface area contributed by atoms with Gasteiger partial charge in [-0.15, -0.1) is 0 Å². The summed E-state index contributed by atoms with van der Waals surface area (Å²) in [4.78, 5) is 0. The number of fused-ring (bicyclic) bond motifs is 6. The minimum absolute atomic E-state index is 0.0239. The van der Waals surface area contributed by atoms with E-state index in [2.05, 4.69) is 0 Å². The third-order valence-electron chi connectivity index (χ3n) is 12.4. The van der Waals surface area contributed by atoms with Crippen LogP contribution in [0.4, 0.5) is 65.9 Å². The Bertz CT molecular complexity index is 3810. The van der Waals surface area contributed by atoms with Crippen LogP contribution >= 0.6 is 0 Å². The van der Waals surface area contributed by atoms with Crippen LogP contribution in [0.15, 0.2) is 158 Å². The van der Waals surface area contributed by atoms with Gasteiger partial charge in [-0.3, -0.25) is 0 Å². The number of nitriles is 1. The zero-order valence-electron chi connectivity index (χ0n) is 36.0. The van der Waals surface area contributed by atoms with Crippen molar-refractivity contribution in [1.82, 2.24) is 9.13 Å². The summed E-state index contributed by atoms with van der Waals surface area (Å²) in [6.07, 6.45) is -26.0. The number of halogens is 15. The molecule has 0 aliphatic carbocycles. The summed E-state index contributed by atoms with van der Waals surface area (Å²) in [7, 11) is 0. The molecule has 72 heavy (non-hydrogen) atoms. The summed E-state index contributed by atoms with van der Waals surface area (Å²) in [6.45, 7) is 0. The smallest absolute Gasteiger partial charge is 0.309 e. The van der Waals surface area contributed by atoms with Gasteiger partial charge in [0.25, 0.3) is 0 Å². The predicted octanol–water partition coefficient (Wildman–Crippen LogP) is 17.8. The molecule has 0 aliphatic rings. The van der Waals surface area contributed by atoms with Crippen molar-refractivity contribution in [3.63, 3.8) is 0 Å². The number of alkyl halides is 15. The normalized spacial score (nSPS) is 12.9. The van der Waals surface area contributed by atoms with Gasteiger partial charge in [0.2, 0.25) is 0 Å². The molecule has 0 spiro atoms. The standard InChI is InChI=1S/C54H26F15N3/c55-50(56,57)34-19-32(20-35(25-34)51(58,59)60)29-12-15-45-41(23-29)39-8-1-3-10-43(39)71(45)47-17-14-38(31-7-5-6-28(18-31)27-70)49(48(47)54(67,68)69)72-44-11-4-2-9-40(44)42-24-30(13-16-46(42)72)33-21-36(52(61,62)63)26-37(22-33)53(64,65)66/h1-26H. The van der Waals surface area contributed by atoms with Crippen LogP contribution in [-0.2, 0) is 30.9 Å². The number of para-hydroxylation sites is 2. The lowest BCUT2D eigenvalue weighted by Gasteiger charge is -2.24. The van der Waals surface area contributed by atoms with Gasteiger partial charge in [0, 0.05) is 27.1 Å². The lowest BCUT2D eigenvalue weighted by atomic mass is 9.96. The van der Waals surface area contributed by atoms with E-state index in [1.165, 1.54) is 118 Å². The largest absolute Gasteiger partial charge is 0.420 e. The van der Waals surface area contributed by atoms with E-state index < -0.39 is 81.2 Å². The first-order valence-corrected chi connectivity index (χ1v) is 21.2. The fraction of sp³-hybridized carbons (Fsp3) is 0.0926. The third-order valence-corrected chi connectivity index (χ3v) is 12.4. The molecule has 0 radical (unpaired) electrons. The Morgan fingerprint density at radius 2 is 0.764 bits per heavy atom. The molecule has 10 rings (SSSR count). The number of nitrogens with zero attached hydrogens (tertiary/aromatic N) is 3. The second-order valence-electron chi connectivity index (χ2n) is 16.8. The van der Waals surface area contributed by atoms with Crippen LogP contribution in [-0.4, -0.2) is 9.13 Å². The molecular formula is C54H26F15N3. The number of aromatic nitrogens is 2. The minimum Gasteiger partial charge on any atom is -0.309 e. The van der Waals surface area contributed by atoms with Crippen LogP contribution in [0.1, 0.15) is 33.4 Å². The predicted molar refractivity (Wildman–Crippen MR) is 241 cm³/mol. The van der Waals surface area contributed by atoms with Gasteiger partial charge in [0.1, 0.15) is 5.56 Å². The summed E-state index contributed by atoms with van der Waals surface area (Å²) in [5.74, 6) is 0. The van der Waals surface area contributed by atoms with E-state index in [9.17, 15) is 57.9 Å². The molecule has 18 heteroatoms. The van der Waals surface area contributed by atoms with E-state index in [1.54, 1.807) is 12.1 Å². The van der Waals surface area contributed by atoms with Gasteiger partial charge in [0.05, 0.1) is 67.3 Å². The molecule has 0 bridgehead atoms. The highest BCUT2D eigenvalue weighted by molar-refractivity contribution is 6.13. The lowest BCUT2D eigenvalue weighted by molar-refractivity contribution is -0.144. The zero-order valence-corrected chi connectivity index (χ0v) is 36.0. The van der Waals surface area contributed by atoms with Gasteiger partial charge in [-0.2, -0.15) is 71.1 Å².